The van der Waals surface area contributed by atoms with E-state index < -0.39 is 5.97 Å². The summed E-state index contributed by atoms with van der Waals surface area (Å²) in [5.74, 6) is 1.35. The molecule has 1 N–H and O–H groups in total. The van der Waals surface area contributed by atoms with Crippen molar-refractivity contribution in [3.63, 3.8) is 0 Å². The SMILES string of the molecule is COC(=O)c1ccc(C(C)NC2CC2C)o1. The van der Waals surface area contributed by atoms with Gasteiger partial charge in [0, 0.05) is 6.04 Å². The van der Waals surface area contributed by atoms with Crippen LogP contribution in [0.1, 0.15) is 42.6 Å². The Morgan fingerprint density at radius 1 is 1.62 bits per heavy atom. The lowest BCUT2D eigenvalue weighted by Gasteiger charge is -2.10. The van der Waals surface area contributed by atoms with Gasteiger partial charge >= 0.3 is 5.97 Å². The first-order valence-corrected chi connectivity index (χ1v) is 5.56. The molecule has 2 rings (SSSR count). The topological polar surface area (TPSA) is 51.5 Å². The number of carbonyl (C=O) groups is 1. The van der Waals surface area contributed by atoms with Crippen LogP contribution in [-0.2, 0) is 4.74 Å². The molecule has 4 nitrogen and oxygen atoms in total. The normalized spacial score (nSPS) is 25.2. The molecule has 0 aromatic carbocycles. The monoisotopic (exact) mass is 223 g/mol. The number of hydrogen-bond acceptors (Lipinski definition) is 4. The minimum absolute atomic E-state index is 0.133. The van der Waals surface area contributed by atoms with E-state index >= 15 is 0 Å². The number of furan rings is 1. The molecule has 1 heterocycles. The quantitative estimate of drug-likeness (QED) is 0.794. The van der Waals surface area contributed by atoms with Crippen molar-refractivity contribution in [3.8, 4) is 0 Å². The van der Waals surface area contributed by atoms with Crippen molar-refractivity contribution in [2.24, 2.45) is 5.92 Å². The highest BCUT2D eigenvalue weighted by Crippen LogP contribution is 2.31. The Morgan fingerprint density at radius 3 is 2.88 bits per heavy atom. The minimum atomic E-state index is -0.432. The predicted octanol–water partition coefficient (Wildman–Crippen LogP) is 2.13. The fourth-order valence-electron chi connectivity index (χ4n) is 1.75. The van der Waals surface area contributed by atoms with E-state index in [2.05, 4.69) is 17.0 Å². The lowest BCUT2D eigenvalue weighted by atomic mass is 10.2. The molecule has 16 heavy (non-hydrogen) atoms. The second-order valence-electron chi connectivity index (χ2n) is 4.40. The summed E-state index contributed by atoms with van der Waals surface area (Å²) in [5, 5.41) is 3.44. The first kappa shape index (κ1) is 11.2. The molecule has 3 unspecified atom stereocenters. The maximum Gasteiger partial charge on any atom is 0.373 e. The number of nitrogens with one attached hydrogen (secondary N) is 1. The van der Waals surface area contributed by atoms with Crippen LogP contribution in [0, 0.1) is 5.92 Å². The Kier molecular flexibility index (Phi) is 3.01. The van der Waals surface area contributed by atoms with Crippen LogP contribution in [0.4, 0.5) is 0 Å². The van der Waals surface area contributed by atoms with Crippen molar-refractivity contribution >= 4 is 5.97 Å². The summed E-state index contributed by atoms with van der Waals surface area (Å²) in [6.45, 7) is 4.25. The summed E-state index contributed by atoms with van der Waals surface area (Å²) in [4.78, 5) is 11.2. The molecular weight excluding hydrogens is 206 g/mol. The molecule has 1 aromatic heterocycles. The van der Waals surface area contributed by atoms with Crippen molar-refractivity contribution < 1.29 is 13.9 Å². The lowest BCUT2D eigenvalue weighted by Crippen LogP contribution is -2.21. The third-order valence-electron chi connectivity index (χ3n) is 3.01. The standard InChI is InChI=1S/C12H17NO3/c1-7-6-9(7)13-8(2)10-4-5-11(16-10)12(14)15-3/h4-5,7-9,13H,6H2,1-3H3. The van der Waals surface area contributed by atoms with E-state index in [1.165, 1.54) is 13.5 Å². The van der Waals surface area contributed by atoms with Crippen molar-refractivity contribution in [2.45, 2.75) is 32.4 Å². The summed E-state index contributed by atoms with van der Waals surface area (Å²) in [6, 6.07) is 4.18. The third-order valence-corrected chi connectivity index (χ3v) is 3.01. The molecule has 0 amide bonds. The summed E-state index contributed by atoms with van der Waals surface area (Å²) < 4.78 is 10.0. The Bertz CT molecular complexity index is 385. The molecule has 88 valence electrons. The minimum Gasteiger partial charge on any atom is -0.463 e. The second kappa shape index (κ2) is 4.29. The fraction of sp³-hybridized carbons (Fsp3) is 0.583. The number of hydrogen-bond donors (Lipinski definition) is 1. The van der Waals surface area contributed by atoms with Crippen LogP contribution in [0.25, 0.3) is 0 Å². The first-order chi connectivity index (χ1) is 7.61. The zero-order valence-electron chi connectivity index (χ0n) is 9.82. The van der Waals surface area contributed by atoms with E-state index in [4.69, 9.17) is 4.42 Å². The average molecular weight is 223 g/mol. The van der Waals surface area contributed by atoms with Gasteiger partial charge in [-0.2, -0.15) is 0 Å². The zero-order valence-corrected chi connectivity index (χ0v) is 9.82. The van der Waals surface area contributed by atoms with Gasteiger partial charge in [0.15, 0.2) is 0 Å². The van der Waals surface area contributed by atoms with Gasteiger partial charge in [0.25, 0.3) is 0 Å². The van der Waals surface area contributed by atoms with E-state index in [0.717, 1.165) is 11.7 Å². The zero-order chi connectivity index (χ0) is 11.7. The molecule has 0 spiro atoms. The van der Waals surface area contributed by atoms with Gasteiger partial charge in [0.1, 0.15) is 5.76 Å². The highest BCUT2D eigenvalue weighted by atomic mass is 16.5. The van der Waals surface area contributed by atoms with Gasteiger partial charge < -0.3 is 14.5 Å². The molecule has 1 aliphatic carbocycles. The van der Waals surface area contributed by atoms with Crippen LogP contribution in [0.2, 0.25) is 0 Å². The number of methoxy groups -OCH3 is 1. The molecule has 3 atom stereocenters. The molecule has 1 aliphatic rings. The Labute approximate surface area is 95.0 Å². The van der Waals surface area contributed by atoms with Crippen molar-refractivity contribution in [3.05, 3.63) is 23.7 Å². The summed E-state index contributed by atoms with van der Waals surface area (Å²) in [5.41, 5.74) is 0. The van der Waals surface area contributed by atoms with Gasteiger partial charge in [-0.15, -0.1) is 0 Å². The van der Waals surface area contributed by atoms with E-state index in [-0.39, 0.29) is 11.8 Å². The second-order valence-corrected chi connectivity index (χ2v) is 4.40. The van der Waals surface area contributed by atoms with Crippen LogP contribution in [-0.4, -0.2) is 19.1 Å². The van der Waals surface area contributed by atoms with Gasteiger partial charge in [-0.05, 0) is 31.4 Å². The molecule has 1 saturated carbocycles. The Hall–Kier alpha value is -1.29. The van der Waals surface area contributed by atoms with Crippen LogP contribution < -0.4 is 5.32 Å². The number of esters is 1. The molecule has 0 aliphatic heterocycles. The van der Waals surface area contributed by atoms with Crippen LogP contribution >= 0.6 is 0 Å². The van der Waals surface area contributed by atoms with Crippen molar-refractivity contribution in [2.75, 3.05) is 7.11 Å². The van der Waals surface area contributed by atoms with Crippen LogP contribution in [0.3, 0.4) is 0 Å². The summed E-state index contributed by atoms with van der Waals surface area (Å²) in [7, 11) is 1.35. The molecule has 0 radical (unpaired) electrons. The molecule has 1 fully saturated rings. The van der Waals surface area contributed by atoms with Gasteiger partial charge in [0.05, 0.1) is 13.2 Å². The molecule has 0 bridgehead atoms. The number of rotatable bonds is 4. The number of carbonyl (C=O) groups excluding carboxylic acids is 1. The van der Waals surface area contributed by atoms with Crippen LogP contribution in [0.15, 0.2) is 16.5 Å². The molecule has 4 heteroatoms. The van der Waals surface area contributed by atoms with E-state index in [1.807, 2.05) is 13.0 Å². The molecule has 1 aromatic rings. The predicted molar refractivity (Wildman–Crippen MR) is 59.2 cm³/mol. The maximum absolute atomic E-state index is 11.2. The lowest BCUT2D eigenvalue weighted by molar-refractivity contribution is 0.0562. The van der Waals surface area contributed by atoms with Gasteiger partial charge in [0.2, 0.25) is 5.76 Å². The summed E-state index contributed by atoms with van der Waals surface area (Å²) in [6.07, 6.45) is 1.22. The van der Waals surface area contributed by atoms with E-state index in [9.17, 15) is 4.79 Å². The van der Waals surface area contributed by atoms with Gasteiger partial charge in [-0.25, -0.2) is 4.79 Å². The third kappa shape index (κ3) is 2.27. The highest BCUT2D eigenvalue weighted by Gasteiger charge is 2.34. The smallest absolute Gasteiger partial charge is 0.373 e. The Morgan fingerprint density at radius 2 is 2.31 bits per heavy atom. The van der Waals surface area contributed by atoms with Crippen molar-refractivity contribution in [1.82, 2.24) is 5.32 Å². The first-order valence-electron chi connectivity index (χ1n) is 5.56. The average Bonchev–Trinajstić information content (AvgIpc) is 2.81. The van der Waals surface area contributed by atoms with E-state index in [0.29, 0.717) is 6.04 Å². The number of ether oxygens (including phenoxy) is 1. The highest BCUT2D eigenvalue weighted by molar-refractivity contribution is 5.86. The van der Waals surface area contributed by atoms with Crippen LogP contribution in [0.5, 0.6) is 0 Å². The largest absolute Gasteiger partial charge is 0.463 e. The van der Waals surface area contributed by atoms with Crippen molar-refractivity contribution in [1.29, 1.82) is 0 Å². The Balaban J connectivity index is 1.98. The van der Waals surface area contributed by atoms with Gasteiger partial charge in [-0.3, -0.25) is 0 Å². The fourth-order valence-corrected chi connectivity index (χ4v) is 1.75. The molecular formula is C12H17NO3. The maximum atomic E-state index is 11.2. The summed E-state index contributed by atoms with van der Waals surface area (Å²) >= 11 is 0. The van der Waals surface area contributed by atoms with E-state index in [1.54, 1.807) is 6.07 Å². The van der Waals surface area contributed by atoms with Gasteiger partial charge in [-0.1, -0.05) is 6.92 Å². The molecule has 0 saturated heterocycles.